The van der Waals surface area contributed by atoms with Crippen LogP contribution in [0, 0.1) is 0 Å². The summed E-state index contributed by atoms with van der Waals surface area (Å²) in [5.74, 6) is -0.182. The van der Waals surface area contributed by atoms with E-state index in [4.69, 9.17) is 17.3 Å². The highest BCUT2D eigenvalue weighted by atomic mass is 35.5. The summed E-state index contributed by atoms with van der Waals surface area (Å²) in [4.78, 5) is 21.1. The number of amides is 1. The van der Waals surface area contributed by atoms with E-state index in [1.807, 2.05) is 0 Å². The molecule has 0 aliphatic carbocycles. The van der Waals surface area contributed by atoms with Crippen molar-refractivity contribution in [1.29, 1.82) is 0 Å². The van der Waals surface area contributed by atoms with E-state index in [0.717, 1.165) is 45.1 Å². The summed E-state index contributed by atoms with van der Waals surface area (Å²) in [6.45, 7) is 8.39. The van der Waals surface area contributed by atoms with Crippen LogP contribution in [-0.4, -0.2) is 86.3 Å². The first kappa shape index (κ1) is 23.9. The van der Waals surface area contributed by atoms with Gasteiger partial charge in [-0.25, -0.2) is 17.7 Å². The summed E-state index contributed by atoms with van der Waals surface area (Å²) in [5.41, 5.74) is 6.15. The standard InChI is InChI=1S/C19H32ClN5O3S/c1-14(15(2)20)18(22-13-21)19(26)25-11-7-17(8-12-25)24-9-5-16(6-10-24)23(3)29(4,27)28/h13,16-17H,2,5-12H2,1,3-4H3,(H2,21,22)/b18-14-. The van der Waals surface area contributed by atoms with Crippen molar-refractivity contribution in [3.8, 4) is 0 Å². The Balaban J connectivity index is 1.92. The average Bonchev–Trinajstić information content (AvgIpc) is 2.70. The molecule has 2 fully saturated rings. The van der Waals surface area contributed by atoms with Crippen molar-refractivity contribution >= 4 is 33.9 Å². The largest absolute Gasteiger partial charge is 0.390 e. The number of nitrogens with zero attached hydrogens (tertiary/aromatic N) is 4. The second kappa shape index (κ2) is 10.1. The molecule has 0 aromatic carbocycles. The minimum Gasteiger partial charge on any atom is -0.390 e. The molecule has 1 amide bonds. The molecule has 0 unspecified atom stereocenters. The lowest BCUT2D eigenvalue weighted by atomic mass is 9.97. The van der Waals surface area contributed by atoms with E-state index >= 15 is 0 Å². The van der Waals surface area contributed by atoms with Gasteiger partial charge >= 0.3 is 0 Å². The van der Waals surface area contributed by atoms with Crippen LogP contribution < -0.4 is 5.73 Å². The monoisotopic (exact) mass is 445 g/mol. The van der Waals surface area contributed by atoms with Crippen LogP contribution in [0.1, 0.15) is 32.6 Å². The first-order valence-corrected chi connectivity index (χ1v) is 12.0. The zero-order valence-electron chi connectivity index (χ0n) is 17.5. The number of rotatable bonds is 6. The van der Waals surface area contributed by atoms with E-state index in [1.54, 1.807) is 18.9 Å². The fourth-order valence-corrected chi connectivity index (χ4v) is 4.83. The quantitative estimate of drug-likeness (QED) is 0.288. The van der Waals surface area contributed by atoms with Gasteiger partial charge in [0.05, 0.1) is 12.6 Å². The number of piperidine rings is 2. The van der Waals surface area contributed by atoms with Gasteiger partial charge in [0.25, 0.3) is 5.91 Å². The highest BCUT2D eigenvalue weighted by Gasteiger charge is 2.33. The minimum absolute atomic E-state index is 0.0661. The third-order valence-electron chi connectivity index (χ3n) is 5.97. The molecule has 0 aromatic heterocycles. The first-order valence-electron chi connectivity index (χ1n) is 9.82. The van der Waals surface area contributed by atoms with Crippen LogP contribution in [-0.2, 0) is 14.8 Å². The van der Waals surface area contributed by atoms with Crippen molar-refractivity contribution in [2.45, 2.75) is 44.7 Å². The molecular weight excluding hydrogens is 414 g/mol. The van der Waals surface area contributed by atoms with Crippen LogP contribution in [0.4, 0.5) is 0 Å². The van der Waals surface area contributed by atoms with E-state index in [-0.39, 0.29) is 22.7 Å². The highest BCUT2D eigenvalue weighted by molar-refractivity contribution is 7.88. The third kappa shape index (κ3) is 6.04. The molecule has 2 rings (SSSR count). The predicted octanol–water partition coefficient (Wildman–Crippen LogP) is 1.35. The Bertz CT molecular complexity index is 780. The zero-order valence-corrected chi connectivity index (χ0v) is 19.0. The Morgan fingerprint density at radius 1 is 1.21 bits per heavy atom. The van der Waals surface area contributed by atoms with Gasteiger partial charge in [0.1, 0.15) is 5.70 Å². The summed E-state index contributed by atoms with van der Waals surface area (Å²) in [7, 11) is -1.50. The molecule has 2 aliphatic rings. The van der Waals surface area contributed by atoms with Gasteiger partial charge in [-0.15, -0.1) is 0 Å². The smallest absolute Gasteiger partial charge is 0.272 e. The second-order valence-electron chi connectivity index (χ2n) is 7.73. The molecule has 29 heavy (non-hydrogen) atoms. The molecule has 0 saturated carbocycles. The molecule has 0 aromatic rings. The zero-order chi connectivity index (χ0) is 21.8. The molecule has 2 heterocycles. The molecule has 10 heteroatoms. The van der Waals surface area contributed by atoms with Crippen LogP contribution >= 0.6 is 11.6 Å². The van der Waals surface area contributed by atoms with Gasteiger partial charge in [0.15, 0.2) is 0 Å². The maximum atomic E-state index is 12.9. The van der Waals surface area contributed by atoms with Crippen molar-refractivity contribution in [3.05, 3.63) is 22.9 Å². The summed E-state index contributed by atoms with van der Waals surface area (Å²) in [6.07, 6.45) is 5.76. The lowest BCUT2D eigenvalue weighted by molar-refractivity contribution is -0.128. The minimum atomic E-state index is -3.16. The number of likely N-dealkylation sites (tertiary alicyclic amines) is 2. The molecular formula is C19H32ClN5O3S. The fourth-order valence-electron chi connectivity index (χ4n) is 3.98. The topological polar surface area (TPSA) is 99.3 Å². The Labute approximate surface area is 179 Å². The Morgan fingerprint density at radius 2 is 1.76 bits per heavy atom. The van der Waals surface area contributed by atoms with Crippen LogP contribution in [0.15, 0.2) is 27.9 Å². The van der Waals surface area contributed by atoms with Crippen molar-refractivity contribution < 1.29 is 13.2 Å². The van der Waals surface area contributed by atoms with Crippen LogP contribution in [0.2, 0.25) is 0 Å². The number of hydrogen-bond acceptors (Lipinski definition) is 5. The van der Waals surface area contributed by atoms with E-state index in [0.29, 0.717) is 24.7 Å². The van der Waals surface area contributed by atoms with Crippen molar-refractivity contribution in [3.63, 3.8) is 0 Å². The van der Waals surface area contributed by atoms with Gasteiger partial charge in [-0.2, -0.15) is 0 Å². The molecule has 8 nitrogen and oxygen atoms in total. The Hall–Kier alpha value is -1.42. The Morgan fingerprint density at radius 3 is 2.21 bits per heavy atom. The SMILES string of the molecule is C=C(Cl)/C(C)=C(\N=C/N)C(=O)N1CCC(N2CCC(N(C)S(C)(=O)=O)CC2)CC1. The number of carbonyl (C=O) groups is 1. The third-order valence-corrected chi connectivity index (χ3v) is 7.60. The van der Waals surface area contributed by atoms with E-state index in [9.17, 15) is 13.2 Å². The molecule has 2 saturated heterocycles. The summed E-state index contributed by atoms with van der Waals surface area (Å²) in [6, 6.07) is 0.467. The average molecular weight is 446 g/mol. The molecule has 0 radical (unpaired) electrons. The summed E-state index contributed by atoms with van der Waals surface area (Å²) in [5, 5.41) is 0.274. The highest BCUT2D eigenvalue weighted by Crippen LogP contribution is 2.26. The van der Waals surface area contributed by atoms with Crippen molar-refractivity contribution in [2.75, 3.05) is 39.5 Å². The second-order valence-corrected chi connectivity index (χ2v) is 10.2. The summed E-state index contributed by atoms with van der Waals surface area (Å²) < 4.78 is 25.0. The maximum Gasteiger partial charge on any atom is 0.272 e. The number of carbonyl (C=O) groups excluding carboxylic acids is 1. The molecule has 0 spiro atoms. The first-order chi connectivity index (χ1) is 13.6. The van der Waals surface area contributed by atoms with Gasteiger partial charge in [-0.05, 0) is 51.3 Å². The number of halogens is 1. The molecule has 2 N–H and O–H groups in total. The van der Waals surface area contributed by atoms with E-state index < -0.39 is 10.0 Å². The predicted molar refractivity (Wildman–Crippen MR) is 117 cm³/mol. The lowest BCUT2D eigenvalue weighted by Gasteiger charge is -2.43. The van der Waals surface area contributed by atoms with E-state index in [2.05, 4.69) is 16.5 Å². The fraction of sp³-hybridized carbons (Fsp3) is 0.684. The molecule has 2 aliphatic heterocycles. The van der Waals surface area contributed by atoms with Crippen molar-refractivity contribution in [1.82, 2.24) is 14.1 Å². The van der Waals surface area contributed by atoms with Gasteiger partial charge < -0.3 is 15.5 Å². The molecule has 164 valence electrons. The number of aliphatic imine (C=N–C) groups is 1. The molecule has 0 bridgehead atoms. The van der Waals surface area contributed by atoms with Crippen LogP contribution in [0.5, 0.6) is 0 Å². The normalized spacial score (nSPS) is 21.6. The van der Waals surface area contributed by atoms with Gasteiger partial charge in [0, 0.05) is 37.3 Å². The van der Waals surface area contributed by atoms with Crippen LogP contribution in [0.3, 0.4) is 0 Å². The molecule has 0 atom stereocenters. The number of sulfonamides is 1. The number of nitrogens with two attached hydrogens (primary N) is 1. The van der Waals surface area contributed by atoms with Gasteiger partial charge in [-0.3, -0.25) is 4.79 Å². The maximum absolute atomic E-state index is 12.9. The van der Waals surface area contributed by atoms with Crippen LogP contribution in [0.25, 0.3) is 0 Å². The number of hydrogen-bond donors (Lipinski definition) is 1. The van der Waals surface area contributed by atoms with Crippen molar-refractivity contribution in [2.24, 2.45) is 10.7 Å². The number of allylic oxidation sites excluding steroid dienone is 2. The lowest BCUT2D eigenvalue weighted by Crippen LogP contribution is -2.52. The summed E-state index contributed by atoms with van der Waals surface area (Å²) >= 11 is 5.94. The van der Waals surface area contributed by atoms with E-state index in [1.165, 1.54) is 10.6 Å². The van der Waals surface area contributed by atoms with Gasteiger partial charge in [-0.1, -0.05) is 18.2 Å². The Kier molecular flexibility index (Phi) is 8.28. The van der Waals surface area contributed by atoms with Gasteiger partial charge in [0.2, 0.25) is 10.0 Å².